The van der Waals surface area contributed by atoms with Gasteiger partial charge in [0.1, 0.15) is 12.2 Å². The van der Waals surface area contributed by atoms with Gasteiger partial charge in [0.25, 0.3) is 5.69 Å². The molecule has 0 saturated carbocycles. The number of nitrogens with zero attached hydrogens (tertiary/aromatic N) is 4. The fourth-order valence-corrected chi connectivity index (χ4v) is 3.67. The topological polar surface area (TPSA) is 66.8 Å². The lowest BCUT2D eigenvalue weighted by atomic mass is 10.2. The van der Waals surface area contributed by atoms with Crippen LogP contribution >= 0.6 is 11.8 Å². The number of aromatic nitrogens is 4. The van der Waals surface area contributed by atoms with E-state index in [9.17, 15) is 32.0 Å². The number of alkyl halides is 5. The van der Waals surface area contributed by atoms with Crippen molar-refractivity contribution in [1.82, 2.24) is 14.1 Å². The van der Waals surface area contributed by atoms with Gasteiger partial charge in [-0.3, -0.25) is 9.13 Å². The third-order valence-electron chi connectivity index (χ3n) is 4.27. The lowest BCUT2D eigenvalue weighted by Crippen LogP contribution is -2.42. The standard InChI is InChI=1S/C17H15F5N4O2S/c1-3-29-13-5-4-6-26(28)14(13)10-7-11-12(8-23-10)25(15(27)24(11)2)9-16(18,19)17(20,21)22/h4-8H,3,9H2,1-2H3. The quantitative estimate of drug-likeness (QED) is 0.267. The Kier molecular flexibility index (Phi) is 5.32. The number of imidazole rings is 1. The van der Waals surface area contributed by atoms with Crippen molar-refractivity contribution >= 4 is 22.8 Å². The van der Waals surface area contributed by atoms with Crippen LogP contribution in [0.15, 0.2) is 40.3 Å². The van der Waals surface area contributed by atoms with E-state index < -0.39 is 24.3 Å². The molecule has 0 spiro atoms. The van der Waals surface area contributed by atoms with Gasteiger partial charge in [0.2, 0.25) is 0 Å². The van der Waals surface area contributed by atoms with Crippen LogP contribution in [0.2, 0.25) is 0 Å². The molecule has 156 valence electrons. The molecule has 0 atom stereocenters. The zero-order chi connectivity index (χ0) is 21.6. The van der Waals surface area contributed by atoms with Crippen molar-refractivity contribution < 1.29 is 26.7 Å². The van der Waals surface area contributed by atoms with Crippen LogP contribution in [-0.4, -0.2) is 32.0 Å². The molecule has 0 aliphatic heterocycles. The summed E-state index contributed by atoms with van der Waals surface area (Å²) >= 11 is 1.38. The highest BCUT2D eigenvalue weighted by Crippen LogP contribution is 2.37. The molecule has 3 rings (SSSR count). The van der Waals surface area contributed by atoms with Gasteiger partial charge in [-0.15, -0.1) is 11.8 Å². The average molecular weight is 434 g/mol. The summed E-state index contributed by atoms with van der Waals surface area (Å²) in [6.07, 6.45) is -3.52. The first-order valence-corrected chi connectivity index (χ1v) is 9.31. The number of thioether (sulfide) groups is 1. The summed E-state index contributed by atoms with van der Waals surface area (Å²) in [7, 11) is 1.24. The molecule has 29 heavy (non-hydrogen) atoms. The number of hydrogen-bond donors (Lipinski definition) is 0. The first-order chi connectivity index (χ1) is 13.5. The maximum atomic E-state index is 13.5. The molecular weight excluding hydrogens is 419 g/mol. The van der Waals surface area contributed by atoms with E-state index >= 15 is 0 Å². The van der Waals surface area contributed by atoms with Gasteiger partial charge in [0.05, 0.1) is 22.1 Å². The van der Waals surface area contributed by atoms with Crippen LogP contribution in [0.25, 0.3) is 22.4 Å². The van der Waals surface area contributed by atoms with Gasteiger partial charge >= 0.3 is 17.8 Å². The van der Waals surface area contributed by atoms with E-state index in [-0.39, 0.29) is 22.4 Å². The first kappa shape index (κ1) is 21.1. The smallest absolute Gasteiger partial charge is 0.455 e. The largest absolute Gasteiger partial charge is 0.618 e. The van der Waals surface area contributed by atoms with E-state index in [0.717, 1.165) is 10.8 Å². The Morgan fingerprint density at radius 3 is 2.55 bits per heavy atom. The molecular formula is C17H15F5N4O2S. The summed E-state index contributed by atoms with van der Waals surface area (Å²) in [6.45, 7) is 0.0232. The Hall–Kier alpha value is -2.63. The molecule has 0 aromatic carbocycles. The van der Waals surface area contributed by atoms with Crippen LogP contribution < -0.4 is 10.4 Å². The second kappa shape index (κ2) is 7.32. The minimum Gasteiger partial charge on any atom is -0.618 e. The van der Waals surface area contributed by atoms with Crippen LogP contribution in [0.3, 0.4) is 0 Å². The summed E-state index contributed by atoms with van der Waals surface area (Å²) in [4.78, 5) is 17.0. The highest BCUT2D eigenvalue weighted by molar-refractivity contribution is 7.99. The Morgan fingerprint density at radius 2 is 1.93 bits per heavy atom. The Morgan fingerprint density at radius 1 is 1.24 bits per heavy atom. The number of rotatable bonds is 5. The third kappa shape index (κ3) is 3.68. The predicted octanol–water partition coefficient (Wildman–Crippen LogP) is 3.35. The molecule has 0 N–H and O–H groups in total. The summed E-state index contributed by atoms with van der Waals surface area (Å²) in [5.74, 6) is -4.42. The third-order valence-corrected chi connectivity index (χ3v) is 5.20. The molecule has 3 heterocycles. The van der Waals surface area contributed by atoms with Crippen LogP contribution in [0, 0.1) is 5.21 Å². The Labute approximate surface area is 165 Å². The van der Waals surface area contributed by atoms with Gasteiger partial charge in [0, 0.05) is 13.1 Å². The second-order valence-corrected chi connectivity index (χ2v) is 7.47. The molecule has 3 aromatic heterocycles. The molecule has 12 heteroatoms. The SMILES string of the molecule is CCSc1ccc[n+]([O-])c1-c1cc2c(cn1)n(CC(F)(F)C(F)(F)F)c(=O)n2C. The van der Waals surface area contributed by atoms with E-state index in [1.807, 2.05) is 6.92 Å². The van der Waals surface area contributed by atoms with Crippen molar-refractivity contribution in [1.29, 1.82) is 0 Å². The molecule has 0 unspecified atom stereocenters. The van der Waals surface area contributed by atoms with Crippen molar-refractivity contribution in [3.63, 3.8) is 0 Å². The van der Waals surface area contributed by atoms with E-state index in [1.165, 1.54) is 31.1 Å². The van der Waals surface area contributed by atoms with Crippen molar-refractivity contribution in [2.45, 2.75) is 30.5 Å². The fraction of sp³-hybridized carbons (Fsp3) is 0.353. The lowest BCUT2D eigenvalue weighted by molar-refractivity contribution is -0.595. The highest BCUT2D eigenvalue weighted by atomic mass is 32.2. The lowest BCUT2D eigenvalue weighted by Gasteiger charge is -2.19. The maximum Gasteiger partial charge on any atom is 0.455 e. The van der Waals surface area contributed by atoms with Crippen LogP contribution in [0.1, 0.15) is 6.92 Å². The molecule has 3 aromatic rings. The van der Waals surface area contributed by atoms with E-state index in [0.29, 0.717) is 19.9 Å². The second-order valence-electron chi connectivity index (χ2n) is 6.17. The van der Waals surface area contributed by atoms with Gasteiger partial charge in [-0.05, 0) is 17.9 Å². The van der Waals surface area contributed by atoms with Crippen LogP contribution in [0.5, 0.6) is 0 Å². The molecule has 0 bridgehead atoms. The van der Waals surface area contributed by atoms with Gasteiger partial charge in [-0.1, -0.05) is 6.92 Å². The Balaban J connectivity index is 2.17. The van der Waals surface area contributed by atoms with E-state index in [1.54, 1.807) is 12.1 Å². The zero-order valence-electron chi connectivity index (χ0n) is 15.2. The summed E-state index contributed by atoms with van der Waals surface area (Å²) in [5, 5.41) is 12.3. The average Bonchev–Trinajstić information content (AvgIpc) is 2.85. The van der Waals surface area contributed by atoms with Crippen molar-refractivity contribution in [3.05, 3.63) is 46.3 Å². The normalized spacial score (nSPS) is 12.7. The minimum absolute atomic E-state index is 0.0780. The molecule has 0 amide bonds. The molecule has 0 radical (unpaired) electrons. The first-order valence-electron chi connectivity index (χ1n) is 8.33. The van der Waals surface area contributed by atoms with E-state index in [2.05, 4.69) is 4.98 Å². The molecule has 6 nitrogen and oxygen atoms in total. The Bertz CT molecular complexity index is 1120. The van der Waals surface area contributed by atoms with Gasteiger partial charge in [-0.25, -0.2) is 9.78 Å². The number of aryl methyl sites for hydroxylation is 1. The van der Waals surface area contributed by atoms with Gasteiger partial charge in [-0.2, -0.15) is 26.7 Å². The number of hydrogen-bond acceptors (Lipinski definition) is 4. The predicted molar refractivity (Wildman–Crippen MR) is 96.8 cm³/mol. The summed E-state index contributed by atoms with van der Waals surface area (Å²) < 4.78 is 66.6. The van der Waals surface area contributed by atoms with Gasteiger partial charge < -0.3 is 5.21 Å². The number of halogens is 5. The zero-order valence-corrected chi connectivity index (χ0v) is 16.0. The maximum absolute atomic E-state index is 13.5. The van der Waals surface area contributed by atoms with Crippen molar-refractivity contribution in [3.8, 4) is 11.4 Å². The molecule has 0 fully saturated rings. The number of fused-ring (bicyclic) bond motifs is 1. The summed E-state index contributed by atoms with van der Waals surface area (Å²) in [5.41, 5.74) is -0.798. The van der Waals surface area contributed by atoms with Crippen molar-refractivity contribution in [2.24, 2.45) is 7.05 Å². The monoisotopic (exact) mass is 434 g/mol. The minimum atomic E-state index is -5.80. The number of pyridine rings is 2. The highest BCUT2D eigenvalue weighted by Gasteiger charge is 2.58. The van der Waals surface area contributed by atoms with Crippen molar-refractivity contribution in [2.75, 3.05) is 5.75 Å². The van der Waals surface area contributed by atoms with Gasteiger partial charge in [0.15, 0.2) is 6.20 Å². The van der Waals surface area contributed by atoms with E-state index in [4.69, 9.17) is 0 Å². The molecule has 0 aliphatic carbocycles. The molecule has 0 aliphatic rings. The molecule has 0 saturated heterocycles. The summed E-state index contributed by atoms with van der Waals surface area (Å²) in [6, 6.07) is 4.58. The fourth-order valence-electron chi connectivity index (χ4n) is 2.85. The van der Waals surface area contributed by atoms with Crippen LogP contribution in [-0.2, 0) is 13.6 Å². The van der Waals surface area contributed by atoms with Crippen LogP contribution in [0.4, 0.5) is 22.0 Å².